The van der Waals surface area contributed by atoms with Crippen molar-refractivity contribution in [2.45, 2.75) is 12.5 Å². The number of carbonyl (C=O) groups is 2. The lowest BCUT2D eigenvalue weighted by atomic mass is 9.98. The number of hydrogen-bond acceptors (Lipinski definition) is 3. The summed E-state index contributed by atoms with van der Waals surface area (Å²) in [7, 11) is 0. The number of cyclic esters (lactones) is 1. The zero-order valence-corrected chi connectivity index (χ0v) is 13.9. The number of carbonyl (C=O) groups excluding carboxylic acids is 2. The third kappa shape index (κ3) is 3.44. The number of hydrogen-bond donors (Lipinski definition) is 1. The lowest BCUT2D eigenvalue weighted by Gasteiger charge is -2.24. The molecule has 1 unspecified atom stereocenters. The second-order valence-corrected chi connectivity index (χ2v) is 6.29. The Morgan fingerprint density at radius 3 is 2.57 bits per heavy atom. The minimum absolute atomic E-state index is 0.242. The van der Waals surface area contributed by atoms with Crippen LogP contribution in [0.25, 0.3) is 0 Å². The first-order valence-electron chi connectivity index (χ1n) is 6.69. The molecule has 1 aliphatic rings. The van der Waals surface area contributed by atoms with E-state index in [0.717, 1.165) is 0 Å². The van der Waals surface area contributed by atoms with Crippen LogP contribution in [-0.4, -0.2) is 18.0 Å². The Labute approximate surface area is 147 Å². The molecule has 0 spiro atoms. The van der Waals surface area contributed by atoms with Crippen LogP contribution in [0.2, 0.25) is 15.1 Å². The van der Waals surface area contributed by atoms with E-state index in [1.54, 1.807) is 30.3 Å². The first kappa shape index (κ1) is 16.1. The topological polar surface area (TPSA) is 55.4 Å². The highest BCUT2D eigenvalue weighted by Crippen LogP contribution is 2.28. The van der Waals surface area contributed by atoms with Crippen LogP contribution in [0.4, 0.5) is 5.69 Å². The van der Waals surface area contributed by atoms with Crippen LogP contribution in [0.3, 0.4) is 0 Å². The molecule has 3 rings (SSSR count). The number of esters is 1. The molecule has 1 aliphatic heterocycles. The van der Waals surface area contributed by atoms with E-state index < -0.39 is 18.0 Å². The Hall–Kier alpha value is -1.75. The van der Waals surface area contributed by atoms with E-state index in [1.807, 2.05) is 0 Å². The number of benzene rings is 2. The van der Waals surface area contributed by atoms with Crippen molar-refractivity contribution in [3.63, 3.8) is 0 Å². The van der Waals surface area contributed by atoms with Crippen LogP contribution in [0.5, 0.6) is 0 Å². The van der Waals surface area contributed by atoms with Crippen LogP contribution in [-0.2, 0) is 16.0 Å². The maximum absolute atomic E-state index is 12.3. The molecule has 0 aromatic heterocycles. The fourth-order valence-corrected chi connectivity index (χ4v) is 2.85. The Morgan fingerprint density at radius 2 is 1.78 bits per heavy atom. The standard InChI is InChI=1S/C16H10Cl3NO3/c17-9-1-3-11-8(5-9)6-14(23-16(11)22)15(21)20-13-7-10(18)2-4-12(13)19/h1-5,7,14H,6H2,(H,20,21). The van der Waals surface area contributed by atoms with Crippen molar-refractivity contribution in [1.29, 1.82) is 0 Å². The Morgan fingerprint density at radius 1 is 1.09 bits per heavy atom. The maximum atomic E-state index is 12.3. The highest BCUT2D eigenvalue weighted by atomic mass is 35.5. The van der Waals surface area contributed by atoms with E-state index in [9.17, 15) is 9.59 Å². The van der Waals surface area contributed by atoms with Crippen LogP contribution in [0.15, 0.2) is 36.4 Å². The van der Waals surface area contributed by atoms with Gasteiger partial charge in [0.05, 0.1) is 16.3 Å². The number of fused-ring (bicyclic) bond motifs is 1. The summed E-state index contributed by atoms with van der Waals surface area (Å²) in [5.41, 5.74) is 1.45. The van der Waals surface area contributed by atoms with Gasteiger partial charge >= 0.3 is 5.97 Å². The number of anilines is 1. The molecule has 0 fully saturated rings. The molecule has 0 bridgehead atoms. The molecule has 23 heavy (non-hydrogen) atoms. The normalized spacial score (nSPS) is 16.5. The lowest BCUT2D eigenvalue weighted by Crippen LogP contribution is -2.38. The van der Waals surface area contributed by atoms with Crippen molar-refractivity contribution in [3.05, 3.63) is 62.6 Å². The van der Waals surface area contributed by atoms with Gasteiger partial charge < -0.3 is 10.1 Å². The minimum Gasteiger partial charge on any atom is -0.448 e. The van der Waals surface area contributed by atoms with Crippen molar-refractivity contribution in [1.82, 2.24) is 0 Å². The summed E-state index contributed by atoms with van der Waals surface area (Å²) in [4.78, 5) is 24.3. The summed E-state index contributed by atoms with van der Waals surface area (Å²) in [5.74, 6) is -1.03. The number of halogens is 3. The van der Waals surface area contributed by atoms with Gasteiger partial charge in [0.15, 0.2) is 6.10 Å². The second kappa shape index (κ2) is 6.40. The summed E-state index contributed by atoms with van der Waals surface area (Å²) in [6.07, 6.45) is -0.713. The van der Waals surface area contributed by atoms with Crippen molar-refractivity contribution < 1.29 is 14.3 Å². The first-order chi connectivity index (χ1) is 10.9. The zero-order valence-electron chi connectivity index (χ0n) is 11.6. The predicted octanol–water partition coefficient (Wildman–Crippen LogP) is 4.37. The van der Waals surface area contributed by atoms with Crippen LogP contribution < -0.4 is 5.32 Å². The smallest absolute Gasteiger partial charge is 0.339 e. The summed E-state index contributed by atoms with van der Waals surface area (Å²) >= 11 is 17.8. The van der Waals surface area contributed by atoms with Gasteiger partial charge in [-0.1, -0.05) is 34.8 Å². The molecule has 4 nitrogen and oxygen atoms in total. The van der Waals surface area contributed by atoms with Crippen molar-refractivity contribution in [2.75, 3.05) is 5.32 Å². The molecule has 1 atom stereocenters. The van der Waals surface area contributed by atoms with Gasteiger partial charge in [-0.3, -0.25) is 4.79 Å². The van der Waals surface area contributed by atoms with Gasteiger partial charge in [-0.15, -0.1) is 0 Å². The van der Waals surface area contributed by atoms with Gasteiger partial charge in [0.1, 0.15) is 0 Å². The minimum atomic E-state index is -0.955. The Balaban J connectivity index is 1.81. The maximum Gasteiger partial charge on any atom is 0.339 e. The molecular formula is C16H10Cl3NO3. The summed E-state index contributed by atoms with van der Waals surface area (Å²) in [6.45, 7) is 0. The molecule has 1 N–H and O–H groups in total. The molecule has 0 saturated carbocycles. The van der Waals surface area contributed by atoms with Gasteiger partial charge in [0.2, 0.25) is 0 Å². The number of nitrogens with one attached hydrogen (secondary N) is 1. The van der Waals surface area contributed by atoms with Gasteiger partial charge in [0.25, 0.3) is 5.91 Å². The molecule has 1 amide bonds. The third-order valence-electron chi connectivity index (χ3n) is 3.42. The fraction of sp³-hybridized carbons (Fsp3) is 0.125. The first-order valence-corrected chi connectivity index (χ1v) is 7.83. The molecular weight excluding hydrogens is 361 g/mol. The molecule has 0 saturated heterocycles. The average molecular weight is 371 g/mol. The quantitative estimate of drug-likeness (QED) is 0.799. The van der Waals surface area contributed by atoms with E-state index >= 15 is 0 Å². The monoisotopic (exact) mass is 369 g/mol. The summed E-state index contributed by atoms with van der Waals surface area (Å²) in [6, 6.07) is 9.55. The molecule has 2 aromatic rings. The fourth-order valence-electron chi connectivity index (χ4n) is 2.32. The highest BCUT2D eigenvalue weighted by Gasteiger charge is 2.31. The zero-order chi connectivity index (χ0) is 16.6. The molecule has 2 aromatic carbocycles. The molecule has 1 heterocycles. The number of ether oxygens (including phenoxy) is 1. The highest BCUT2D eigenvalue weighted by molar-refractivity contribution is 6.35. The van der Waals surface area contributed by atoms with Crippen LogP contribution in [0.1, 0.15) is 15.9 Å². The van der Waals surface area contributed by atoms with Crippen molar-refractivity contribution in [3.8, 4) is 0 Å². The van der Waals surface area contributed by atoms with Gasteiger partial charge in [-0.05, 0) is 42.0 Å². The molecule has 0 aliphatic carbocycles. The average Bonchev–Trinajstić information content (AvgIpc) is 2.50. The lowest BCUT2D eigenvalue weighted by molar-refractivity contribution is -0.125. The van der Waals surface area contributed by atoms with E-state index in [1.165, 1.54) is 6.07 Å². The van der Waals surface area contributed by atoms with Gasteiger partial charge in [-0.25, -0.2) is 4.79 Å². The second-order valence-electron chi connectivity index (χ2n) is 5.01. The summed E-state index contributed by atoms with van der Waals surface area (Å²) in [5, 5.41) is 3.89. The Kier molecular flexibility index (Phi) is 4.48. The number of rotatable bonds is 2. The van der Waals surface area contributed by atoms with Crippen LogP contribution >= 0.6 is 34.8 Å². The van der Waals surface area contributed by atoms with Crippen LogP contribution in [0, 0.1) is 0 Å². The summed E-state index contributed by atoms with van der Waals surface area (Å²) < 4.78 is 5.19. The third-order valence-corrected chi connectivity index (χ3v) is 4.22. The van der Waals surface area contributed by atoms with E-state index in [-0.39, 0.29) is 6.42 Å². The molecule has 7 heteroatoms. The van der Waals surface area contributed by atoms with E-state index in [2.05, 4.69) is 5.32 Å². The van der Waals surface area contributed by atoms with E-state index in [4.69, 9.17) is 39.5 Å². The Bertz CT molecular complexity index is 807. The molecule has 118 valence electrons. The number of amides is 1. The SMILES string of the molecule is O=C1OC(C(=O)Nc2cc(Cl)ccc2Cl)Cc2cc(Cl)ccc21. The molecule has 0 radical (unpaired) electrons. The van der Waals surface area contributed by atoms with Crippen molar-refractivity contribution in [2.24, 2.45) is 0 Å². The predicted molar refractivity (Wildman–Crippen MR) is 89.5 cm³/mol. The largest absolute Gasteiger partial charge is 0.448 e. The van der Waals surface area contributed by atoms with E-state index in [0.29, 0.717) is 31.9 Å². The van der Waals surface area contributed by atoms with Gasteiger partial charge in [-0.2, -0.15) is 0 Å². The van der Waals surface area contributed by atoms with Gasteiger partial charge in [0, 0.05) is 16.5 Å². The van der Waals surface area contributed by atoms with Crippen molar-refractivity contribution >= 4 is 52.4 Å².